The third-order valence-corrected chi connectivity index (χ3v) is 6.65. The molecule has 1 aromatic carbocycles. The number of rotatable bonds is 3. The maximum atomic E-state index is 14.9. The SMILES string of the molecule is NC1=N[C@@]2(c3cc(NC(=O)c4ccc(Br)o4)ccc3F)CCCC[C@H]2CS1. The van der Waals surface area contributed by atoms with E-state index in [-0.39, 0.29) is 17.5 Å². The molecule has 2 aliphatic rings. The number of fused-ring (bicyclic) bond motifs is 1. The molecule has 1 fully saturated rings. The van der Waals surface area contributed by atoms with Gasteiger partial charge in [-0.15, -0.1) is 0 Å². The molecule has 1 aliphatic carbocycles. The number of anilines is 1. The molecule has 1 saturated carbocycles. The Bertz CT molecular complexity index is 916. The molecule has 8 heteroatoms. The van der Waals surface area contributed by atoms with Gasteiger partial charge in [0.25, 0.3) is 5.91 Å². The number of aliphatic imine (C=N–C) groups is 1. The fourth-order valence-electron chi connectivity index (χ4n) is 3.99. The fraction of sp³-hybridized carbons (Fsp3) is 0.368. The van der Waals surface area contributed by atoms with Crippen LogP contribution in [0, 0.1) is 11.7 Å². The van der Waals surface area contributed by atoms with E-state index >= 15 is 0 Å². The van der Waals surface area contributed by atoms with Crippen molar-refractivity contribution in [1.82, 2.24) is 0 Å². The summed E-state index contributed by atoms with van der Waals surface area (Å²) >= 11 is 4.71. The van der Waals surface area contributed by atoms with Gasteiger partial charge in [-0.25, -0.2) is 4.39 Å². The number of hydrogen-bond donors (Lipinski definition) is 2. The zero-order chi connectivity index (χ0) is 19.0. The first-order valence-electron chi connectivity index (χ1n) is 8.83. The summed E-state index contributed by atoms with van der Waals surface area (Å²) in [4.78, 5) is 17.1. The van der Waals surface area contributed by atoms with Crippen LogP contribution in [0.4, 0.5) is 10.1 Å². The van der Waals surface area contributed by atoms with Crippen LogP contribution in [0.2, 0.25) is 0 Å². The van der Waals surface area contributed by atoms with E-state index in [2.05, 4.69) is 21.2 Å². The Morgan fingerprint density at radius 2 is 2.22 bits per heavy atom. The summed E-state index contributed by atoms with van der Waals surface area (Å²) in [7, 11) is 0. The molecule has 2 aromatic rings. The molecule has 0 saturated heterocycles. The van der Waals surface area contributed by atoms with Gasteiger partial charge in [-0.3, -0.25) is 9.79 Å². The van der Waals surface area contributed by atoms with Gasteiger partial charge in [-0.1, -0.05) is 24.6 Å². The van der Waals surface area contributed by atoms with Gasteiger partial charge in [-0.05, 0) is 65.0 Å². The molecule has 27 heavy (non-hydrogen) atoms. The molecule has 4 rings (SSSR count). The van der Waals surface area contributed by atoms with Gasteiger partial charge in [0, 0.05) is 17.0 Å². The Morgan fingerprint density at radius 3 is 3.00 bits per heavy atom. The van der Waals surface area contributed by atoms with Gasteiger partial charge < -0.3 is 15.5 Å². The molecule has 0 bridgehead atoms. The highest BCUT2D eigenvalue weighted by Gasteiger charge is 2.46. The number of carbonyl (C=O) groups excluding carboxylic acids is 1. The standard InChI is InChI=1S/C19H19BrFN3O2S/c20-16-7-6-15(26-16)17(25)23-12-4-5-14(21)13(9-12)19-8-2-1-3-11(19)10-27-18(22)24-19/h4-7,9,11H,1-3,8,10H2,(H2,22,24)(H,23,25)/t11-,19-/m0/s1. The Hall–Kier alpha value is -1.80. The average Bonchev–Trinajstić information content (AvgIpc) is 3.09. The van der Waals surface area contributed by atoms with Crippen molar-refractivity contribution in [2.24, 2.45) is 16.6 Å². The van der Waals surface area contributed by atoms with Crippen molar-refractivity contribution in [2.45, 2.75) is 31.2 Å². The number of thioether (sulfide) groups is 1. The summed E-state index contributed by atoms with van der Waals surface area (Å²) in [5.74, 6) is 0.552. The van der Waals surface area contributed by atoms with E-state index in [0.717, 1.165) is 31.4 Å². The predicted molar refractivity (Wildman–Crippen MR) is 108 cm³/mol. The molecule has 1 aliphatic heterocycles. The van der Waals surface area contributed by atoms with Crippen molar-refractivity contribution in [3.63, 3.8) is 0 Å². The van der Waals surface area contributed by atoms with Crippen molar-refractivity contribution in [1.29, 1.82) is 0 Å². The topological polar surface area (TPSA) is 80.6 Å². The minimum atomic E-state index is -0.647. The first-order chi connectivity index (χ1) is 13.0. The van der Waals surface area contributed by atoms with E-state index in [1.54, 1.807) is 24.3 Å². The predicted octanol–water partition coefficient (Wildman–Crippen LogP) is 4.88. The number of halogens is 2. The van der Waals surface area contributed by atoms with Gasteiger partial charge in [0.15, 0.2) is 15.6 Å². The summed E-state index contributed by atoms with van der Waals surface area (Å²) in [6.07, 6.45) is 3.86. The van der Waals surface area contributed by atoms with Gasteiger partial charge in [-0.2, -0.15) is 0 Å². The van der Waals surface area contributed by atoms with Crippen molar-refractivity contribution in [2.75, 3.05) is 11.1 Å². The monoisotopic (exact) mass is 451 g/mol. The Kier molecular flexibility index (Phi) is 5.03. The first-order valence-corrected chi connectivity index (χ1v) is 10.6. The highest BCUT2D eigenvalue weighted by atomic mass is 79.9. The van der Waals surface area contributed by atoms with Crippen LogP contribution in [-0.2, 0) is 5.54 Å². The highest BCUT2D eigenvalue weighted by Crippen LogP contribution is 2.50. The maximum Gasteiger partial charge on any atom is 0.291 e. The van der Waals surface area contributed by atoms with Crippen molar-refractivity contribution < 1.29 is 13.6 Å². The summed E-state index contributed by atoms with van der Waals surface area (Å²) in [6, 6.07) is 7.85. The molecule has 0 spiro atoms. The van der Waals surface area contributed by atoms with Crippen LogP contribution < -0.4 is 11.1 Å². The molecular weight excluding hydrogens is 433 g/mol. The van der Waals surface area contributed by atoms with Crippen LogP contribution in [0.15, 0.2) is 44.4 Å². The molecule has 0 radical (unpaired) electrons. The molecule has 3 N–H and O–H groups in total. The number of furan rings is 1. The van der Waals surface area contributed by atoms with E-state index in [0.29, 0.717) is 21.1 Å². The van der Waals surface area contributed by atoms with Gasteiger partial charge >= 0.3 is 0 Å². The zero-order valence-corrected chi connectivity index (χ0v) is 16.9. The van der Waals surface area contributed by atoms with Gasteiger partial charge in [0.1, 0.15) is 5.82 Å². The largest absolute Gasteiger partial charge is 0.444 e. The number of benzene rings is 1. The molecular formula is C19H19BrFN3O2S. The molecule has 1 aromatic heterocycles. The third kappa shape index (κ3) is 3.52. The first kappa shape index (κ1) is 18.6. The fourth-order valence-corrected chi connectivity index (χ4v) is 5.34. The zero-order valence-electron chi connectivity index (χ0n) is 14.5. The van der Waals surface area contributed by atoms with Gasteiger partial charge in [0.2, 0.25) is 0 Å². The third-order valence-electron chi connectivity index (χ3n) is 5.27. The number of amidine groups is 1. The second kappa shape index (κ2) is 7.31. The minimum absolute atomic E-state index is 0.179. The maximum absolute atomic E-state index is 14.9. The van der Waals surface area contributed by atoms with E-state index in [1.165, 1.54) is 17.8 Å². The second-order valence-electron chi connectivity index (χ2n) is 6.88. The van der Waals surface area contributed by atoms with Crippen LogP contribution >= 0.6 is 27.7 Å². The van der Waals surface area contributed by atoms with Crippen molar-refractivity contribution in [3.8, 4) is 0 Å². The lowest BCUT2D eigenvalue weighted by Gasteiger charge is -2.44. The van der Waals surface area contributed by atoms with Crippen LogP contribution in [0.25, 0.3) is 0 Å². The molecule has 142 valence electrons. The van der Waals surface area contributed by atoms with Crippen LogP contribution in [0.5, 0.6) is 0 Å². The van der Waals surface area contributed by atoms with E-state index in [4.69, 9.17) is 15.1 Å². The molecule has 2 atom stereocenters. The highest BCUT2D eigenvalue weighted by molar-refractivity contribution is 9.10. The number of nitrogens with zero attached hydrogens (tertiary/aromatic N) is 1. The van der Waals surface area contributed by atoms with Crippen LogP contribution in [0.3, 0.4) is 0 Å². The molecule has 5 nitrogen and oxygen atoms in total. The molecule has 0 unspecified atom stereocenters. The summed E-state index contributed by atoms with van der Waals surface area (Å²) < 4.78 is 20.6. The van der Waals surface area contributed by atoms with E-state index in [1.807, 2.05) is 0 Å². The van der Waals surface area contributed by atoms with Crippen molar-refractivity contribution >= 4 is 44.5 Å². The lowest BCUT2D eigenvalue weighted by molar-refractivity contribution is 0.0995. The minimum Gasteiger partial charge on any atom is -0.444 e. The van der Waals surface area contributed by atoms with Crippen LogP contribution in [-0.4, -0.2) is 16.8 Å². The van der Waals surface area contributed by atoms with E-state index in [9.17, 15) is 9.18 Å². The second-order valence-corrected chi connectivity index (χ2v) is 8.70. The molecule has 2 heterocycles. The lowest BCUT2D eigenvalue weighted by atomic mass is 9.69. The summed E-state index contributed by atoms with van der Waals surface area (Å²) in [6.45, 7) is 0. The Morgan fingerprint density at radius 1 is 1.37 bits per heavy atom. The quantitative estimate of drug-likeness (QED) is 0.696. The van der Waals surface area contributed by atoms with E-state index < -0.39 is 11.4 Å². The Labute approximate surface area is 169 Å². The smallest absolute Gasteiger partial charge is 0.291 e. The summed E-state index contributed by atoms with van der Waals surface area (Å²) in [5.41, 5.74) is 6.39. The van der Waals surface area contributed by atoms with Gasteiger partial charge in [0.05, 0.1) is 5.54 Å². The average molecular weight is 452 g/mol. The van der Waals surface area contributed by atoms with Crippen LogP contribution in [0.1, 0.15) is 41.8 Å². The molecule has 1 amide bonds. The Balaban J connectivity index is 1.69. The number of nitrogens with two attached hydrogens (primary N) is 1. The number of nitrogens with one attached hydrogen (secondary N) is 1. The van der Waals surface area contributed by atoms with Crippen molar-refractivity contribution in [3.05, 3.63) is 52.1 Å². The lowest BCUT2D eigenvalue weighted by Crippen LogP contribution is -2.43. The number of hydrogen-bond acceptors (Lipinski definition) is 5. The number of amides is 1. The summed E-state index contributed by atoms with van der Waals surface area (Å²) in [5, 5.41) is 3.28. The number of carbonyl (C=O) groups is 1. The normalized spacial score (nSPS) is 24.8.